The summed E-state index contributed by atoms with van der Waals surface area (Å²) in [5.74, 6) is -2.06. The quantitative estimate of drug-likeness (QED) is 0.864. The molecule has 0 aliphatic rings. The van der Waals surface area contributed by atoms with Crippen molar-refractivity contribution in [1.82, 2.24) is 4.98 Å². The summed E-state index contributed by atoms with van der Waals surface area (Å²) in [6.45, 7) is 0. The Balaban J connectivity index is 2.24. The first-order valence-corrected chi connectivity index (χ1v) is 5.74. The van der Waals surface area contributed by atoms with Crippen LogP contribution in [-0.4, -0.2) is 10.9 Å². The van der Waals surface area contributed by atoms with Gasteiger partial charge in [0.25, 0.3) is 5.91 Å². The van der Waals surface area contributed by atoms with E-state index >= 15 is 0 Å². The Kier molecular flexibility index (Phi) is 3.66. The zero-order valence-corrected chi connectivity index (χ0v) is 10.5. The molecule has 0 saturated carbocycles. The maximum Gasteiger partial charge on any atom is 0.258 e. The first-order chi connectivity index (χ1) is 8.58. The summed E-state index contributed by atoms with van der Waals surface area (Å²) < 4.78 is 26.4. The van der Waals surface area contributed by atoms with Crippen molar-refractivity contribution < 1.29 is 13.6 Å². The lowest BCUT2D eigenvalue weighted by molar-refractivity contribution is 0.102. The number of hydrogen-bond donors (Lipinski definition) is 1. The van der Waals surface area contributed by atoms with Crippen molar-refractivity contribution in [2.75, 3.05) is 5.32 Å². The van der Waals surface area contributed by atoms with E-state index in [1.807, 2.05) is 0 Å². The molecule has 1 aromatic heterocycles. The van der Waals surface area contributed by atoms with Gasteiger partial charge in [0.15, 0.2) is 0 Å². The molecule has 2 rings (SSSR count). The zero-order valence-electron chi connectivity index (χ0n) is 8.95. The van der Waals surface area contributed by atoms with Crippen LogP contribution in [0.15, 0.2) is 41.1 Å². The number of nitrogens with zero attached hydrogens (tertiary/aromatic N) is 1. The number of carbonyl (C=O) groups excluding carboxylic acids is 1. The maximum absolute atomic E-state index is 13.3. The molecule has 0 radical (unpaired) electrons. The van der Waals surface area contributed by atoms with Crippen LogP contribution in [-0.2, 0) is 0 Å². The summed E-state index contributed by atoms with van der Waals surface area (Å²) in [6, 6.07) is 6.05. The molecule has 0 atom stereocenters. The third kappa shape index (κ3) is 2.70. The summed E-state index contributed by atoms with van der Waals surface area (Å²) in [6.07, 6.45) is 1.51. The second kappa shape index (κ2) is 5.22. The Bertz CT molecular complexity index is 604. The van der Waals surface area contributed by atoms with Crippen molar-refractivity contribution in [1.29, 1.82) is 0 Å². The summed E-state index contributed by atoms with van der Waals surface area (Å²) in [4.78, 5) is 15.7. The lowest BCUT2D eigenvalue weighted by Crippen LogP contribution is -2.14. The predicted octanol–water partition coefficient (Wildman–Crippen LogP) is 3.37. The van der Waals surface area contributed by atoms with Crippen molar-refractivity contribution in [3.05, 3.63) is 58.3 Å². The fourth-order valence-corrected chi connectivity index (χ4v) is 1.77. The van der Waals surface area contributed by atoms with E-state index in [-0.39, 0.29) is 11.3 Å². The minimum Gasteiger partial charge on any atom is -0.319 e. The molecule has 0 unspecified atom stereocenters. The molecule has 0 spiro atoms. The first-order valence-electron chi connectivity index (χ1n) is 4.95. The lowest BCUT2D eigenvalue weighted by Gasteiger charge is -2.07. The van der Waals surface area contributed by atoms with Gasteiger partial charge >= 0.3 is 0 Å². The lowest BCUT2D eigenvalue weighted by atomic mass is 10.2. The molecule has 1 N–H and O–H groups in total. The van der Waals surface area contributed by atoms with Crippen molar-refractivity contribution in [3.63, 3.8) is 0 Å². The molecule has 3 nitrogen and oxygen atoms in total. The van der Waals surface area contributed by atoms with Crippen LogP contribution in [0.3, 0.4) is 0 Å². The molecule has 0 aliphatic heterocycles. The van der Waals surface area contributed by atoms with Gasteiger partial charge in [-0.25, -0.2) is 13.8 Å². The van der Waals surface area contributed by atoms with Gasteiger partial charge in [0, 0.05) is 12.3 Å². The molecule has 0 bridgehead atoms. The Hall–Kier alpha value is -1.82. The van der Waals surface area contributed by atoms with E-state index in [4.69, 9.17) is 0 Å². The van der Waals surface area contributed by atoms with Gasteiger partial charge in [0.1, 0.15) is 16.2 Å². The van der Waals surface area contributed by atoms with Gasteiger partial charge in [0.2, 0.25) is 0 Å². The largest absolute Gasteiger partial charge is 0.319 e. The van der Waals surface area contributed by atoms with Crippen LogP contribution in [0.25, 0.3) is 0 Å². The molecule has 1 heterocycles. The molecule has 1 amide bonds. The fourth-order valence-electron chi connectivity index (χ4n) is 1.34. The standard InChI is InChI=1S/C12H7BrF2N2O/c13-11-8(2-1-5-16-11)12(18)17-10-4-3-7(14)6-9(10)15/h1-6H,(H,17,18). The minimum atomic E-state index is -0.830. The van der Waals surface area contributed by atoms with Crippen LogP contribution in [0, 0.1) is 11.6 Å². The van der Waals surface area contributed by atoms with Crippen LogP contribution in [0.1, 0.15) is 10.4 Å². The van der Waals surface area contributed by atoms with E-state index in [1.165, 1.54) is 12.3 Å². The number of benzene rings is 1. The number of carbonyl (C=O) groups is 1. The number of hydrogen-bond acceptors (Lipinski definition) is 2. The third-order valence-electron chi connectivity index (χ3n) is 2.18. The molecule has 2 aromatic rings. The first kappa shape index (κ1) is 12.6. The van der Waals surface area contributed by atoms with Crippen molar-refractivity contribution in [3.8, 4) is 0 Å². The summed E-state index contributed by atoms with van der Waals surface area (Å²) >= 11 is 3.11. The second-order valence-electron chi connectivity index (χ2n) is 3.42. The number of amides is 1. The van der Waals surface area contributed by atoms with Gasteiger partial charge in [-0.15, -0.1) is 0 Å². The zero-order chi connectivity index (χ0) is 13.1. The van der Waals surface area contributed by atoms with Crippen molar-refractivity contribution >= 4 is 27.5 Å². The molecule has 92 valence electrons. The highest BCUT2D eigenvalue weighted by Crippen LogP contribution is 2.18. The molecule has 0 saturated heterocycles. The van der Waals surface area contributed by atoms with Crippen molar-refractivity contribution in [2.24, 2.45) is 0 Å². The Morgan fingerprint density at radius 1 is 1.28 bits per heavy atom. The van der Waals surface area contributed by atoms with Gasteiger partial charge in [0.05, 0.1) is 11.3 Å². The molecular weight excluding hydrogens is 306 g/mol. The normalized spacial score (nSPS) is 10.2. The van der Waals surface area contributed by atoms with Crippen molar-refractivity contribution in [2.45, 2.75) is 0 Å². The highest BCUT2D eigenvalue weighted by Gasteiger charge is 2.12. The monoisotopic (exact) mass is 312 g/mol. The van der Waals surface area contributed by atoms with Gasteiger partial charge in [-0.1, -0.05) is 0 Å². The van der Waals surface area contributed by atoms with Crippen LogP contribution in [0.2, 0.25) is 0 Å². The van der Waals surface area contributed by atoms with E-state index in [0.29, 0.717) is 10.7 Å². The smallest absolute Gasteiger partial charge is 0.258 e. The molecule has 6 heteroatoms. The highest BCUT2D eigenvalue weighted by atomic mass is 79.9. The number of rotatable bonds is 2. The Morgan fingerprint density at radius 3 is 2.72 bits per heavy atom. The number of anilines is 1. The van der Waals surface area contributed by atoms with Crippen LogP contribution < -0.4 is 5.32 Å². The fraction of sp³-hybridized carbons (Fsp3) is 0. The predicted molar refractivity (Wildman–Crippen MR) is 66.2 cm³/mol. The number of halogens is 3. The summed E-state index contributed by atoms with van der Waals surface area (Å²) in [7, 11) is 0. The molecule has 1 aromatic carbocycles. The molecule has 0 aliphatic carbocycles. The SMILES string of the molecule is O=C(Nc1ccc(F)cc1F)c1cccnc1Br. The van der Waals surface area contributed by atoms with E-state index in [2.05, 4.69) is 26.2 Å². The Morgan fingerprint density at radius 2 is 2.06 bits per heavy atom. The number of nitrogens with one attached hydrogen (secondary N) is 1. The van der Waals surface area contributed by atoms with Crippen LogP contribution in [0.4, 0.5) is 14.5 Å². The highest BCUT2D eigenvalue weighted by molar-refractivity contribution is 9.10. The molecule has 18 heavy (non-hydrogen) atoms. The van der Waals surface area contributed by atoms with Crippen LogP contribution >= 0.6 is 15.9 Å². The third-order valence-corrected chi connectivity index (χ3v) is 2.81. The minimum absolute atomic E-state index is 0.0860. The summed E-state index contributed by atoms with van der Waals surface area (Å²) in [5, 5.41) is 2.34. The molecule has 0 fully saturated rings. The van der Waals surface area contributed by atoms with E-state index in [9.17, 15) is 13.6 Å². The van der Waals surface area contributed by atoms with Gasteiger partial charge in [-0.05, 0) is 40.2 Å². The molecular formula is C12H7BrF2N2O. The Labute approximate surface area is 110 Å². The van der Waals surface area contributed by atoms with Crippen LogP contribution in [0.5, 0.6) is 0 Å². The van der Waals surface area contributed by atoms with Gasteiger partial charge < -0.3 is 5.32 Å². The maximum atomic E-state index is 13.3. The topological polar surface area (TPSA) is 42.0 Å². The second-order valence-corrected chi connectivity index (χ2v) is 4.17. The van der Waals surface area contributed by atoms with E-state index < -0.39 is 17.5 Å². The summed E-state index contributed by atoms with van der Waals surface area (Å²) in [5.41, 5.74) is 0.179. The number of aromatic nitrogens is 1. The van der Waals surface area contributed by atoms with E-state index in [1.54, 1.807) is 6.07 Å². The number of pyridine rings is 1. The van der Waals surface area contributed by atoms with Gasteiger partial charge in [-0.3, -0.25) is 4.79 Å². The van der Waals surface area contributed by atoms with Gasteiger partial charge in [-0.2, -0.15) is 0 Å². The average Bonchev–Trinajstić information content (AvgIpc) is 2.33. The van der Waals surface area contributed by atoms with E-state index in [0.717, 1.165) is 12.1 Å². The average molecular weight is 313 g/mol.